The molecule has 3 nitrogen and oxygen atoms in total. The Morgan fingerprint density at radius 3 is 2.50 bits per heavy atom. The van der Waals surface area contributed by atoms with E-state index in [1.807, 2.05) is 45.9 Å². The number of Topliss-reactive ketones (excluding diaryl/α,β-unsaturated/α-hetero) is 1. The lowest BCUT2D eigenvalue weighted by atomic mass is 10.0. The molecule has 0 aromatic heterocycles. The number of carbonyl (C=O) groups excluding carboxylic acids is 1. The summed E-state index contributed by atoms with van der Waals surface area (Å²) in [6.07, 6.45) is 1.19. The average molecular weight is 277 g/mol. The molecule has 0 fully saturated rings. The van der Waals surface area contributed by atoms with Crippen molar-refractivity contribution in [2.75, 3.05) is 13.2 Å². The number of benzene rings is 1. The largest absolute Gasteiger partial charge is 0.379 e. The van der Waals surface area contributed by atoms with Crippen LogP contribution in [0.3, 0.4) is 0 Å². The molecule has 0 aliphatic heterocycles. The summed E-state index contributed by atoms with van der Waals surface area (Å²) in [6.45, 7) is 11.6. The van der Waals surface area contributed by atoms with Crippen LogP contribution < -0.4 is 5.32 Å². The Hall–Kier alpha value is -1.19. The number of rotatable bonds is 8. The van der Waals surface area contributed by atoms with Crippen LogP contribution in [0.4, 0.5) is 0 Å². The Morgan fingerprint density at radius 2 is 1.90 bits per heavy atom. The maximum atomic E-state index is 12.3. The zero-order valence-corrected chi connectivity index (χ0v) is 13.3. The highest BCUT2D eigenvalue weighted by atomic mass is 16.5. The first-order valence-corrected chi connectivity index (χ1v) is 7.38. The SMILES string of the molecule is Cc1ccc(C(=O)C(C)NCCCOC(C)C)cc1C. The molecule has 20 heavy (non-hydrogen) atoms. The third-order valence-corrected chi connectivity index (χ3v) is 3.41. The molecule has 1 unspecified atom stereocenters. The summed E-state index contributed by atoms with van der Waals surface area (Å²) in [6, 6.07) is 5.73. The van der Waals surface area contributed by atoms with Crippen molar-refractivity contribution in [3.05, 3.63) is 34.9 Å². The molecule has 1 aromatic rings. The molecule has 3 heteroatoms. The summed E-state index contributed by atoms with van der Waals surface area (Å²) in [5.74, 6) is 0.151. The topological polar surface area (TPSA) is 38.3 Å². The standard InChI is InChI=1S/C17H27NO2/c1-12(2)20-10-6-9-18-15(5)17(19)16-8-7-13(3)14(4)11-16/h7-8,11-12,15,18H,6,9-10H2,1-5H3. The number of hydrogen-bond donors (Lipinski definition) is 1. The molecule has 1 atom stereocenters. The van der Waals surface area contributed by atoms with Crippen molar-refractivity contribution in [3.63, 3.8) is 0 Å². The fraction of sp³-hybridized carbons (Fsp3) is 0.588. The van der Waals surface area contributed by atoms with E-state index in [9.17, 15) is 4.79 Å². The van der Waals surface area contributed by atoms with Gasteiger partial charge in [0.25, 0.3) is 0 Å². The lowest BCUT2D eigenvalue weighted by Gasteiger charge is -2.14. The van der Waals surface area contributed by atoms with Gasteiger partial charge < -0.3 is 10.1 Å². The van der Waals surface area contributed by atoms with Crippen molar-refractivity contribution in [2.24, 2.45) is 0 Å². The monoisotopic (exact) mass is 277 g/mol. The highest BCUT2D eigenvalue weighted by Crippen LogP contribution is 2.11. The molecule has 1 rings (SSSR count). The molecule has 0 heterocycles. The number of hydrogen-bond acceptors (Lipinski definition) is 3. The van der Waals surface area contributed by atoms with Crippen LogP contribution in [-0.4, -0.2) is 31.1 Å². The smallest absolute Gasteiger partial charge is 0.179 e. The fourth-order valence-corrected chi connectivity index (χ4v) is 1.95. The summed E-state index contributed by atoms with van der Waals surface area (Å²) >= 11 is 0. The van der Waals surface area contributed by atoms with Crippen LogP contribution in [0.1, 0.15) is 48.7 Å². The van der Waals surface area contributed by atoms with Crippen LogP contribution in [0.15, 0.2) is 18.2 Å². The van der Waals surface area contributed by atoms with E-state index in [0.29, 0.717) is 0 Å². The minimum Gasteiger partial charge on any atom is -0.379 e. The number of ether oxygens (including phenoxy) is 1. The molecule has 0 saturated heterocycles. The molecular formula is C17H27NO2. The van der Waals surface area contributed by atoms with Crippen molar-refractivity contribution in [2.45, 2.75) is 53.2 Å². The van der Waals surface area contributed by atoms with Crippen molar-refractivity contribution in [3.8, 4) is 0 Å². The quantitative estimate of drug-likeness (QED) is 0.585. The predicted octanol–water partition coefficient (Wildman–Crippen LogP) is 3.28. The van der Waals surface area contributed by atoms with Gasteiger partial charge in [-0.2, -0.15) is 0 Å². The number of carbonyl (C=O) groups is 1. The Bertz CT molecular complexity index is 441. The van der Waals surface area contributed by atoms with E-state index in [-0.39, 0.29) is 17.9 Å². The maximum absolute atomic E-state index is 12.3. The third-order valence-electron chi connectivity index (χ3n) is 3.41. The molecular weight excluding hydrogens is 250 g/mol. The second kappa shape index (κ2) is 8.18. The Balaban J connectivity index is 2.40. The van der Waals surface area contributed by atoms with Gasteiger partial charge in [0.05, 0.1) is 12.1 Å². The first-order valence-electron chi connectivity index (χ1n) is 7.38. The summed E-state index contributed by atoms with van der Waals surface area (Å²) in [5, 5.41) is 3.26. The molecule has 0 aliphatic carbocycles. The van der Waals surface area contributed by atoms with E-state index in [4.69, 9.17) is 4.74 Å². The van der Waals surface area contributed by atoms with Gasteiger partial charge in [-0.3, -0.25) is 4.79 Å². The first-order chi connectivity index (χ1) is 9.41. The first kappa shape index (κ1) is 16.9. The Kier molecular flexibility index (Phi) is 6.89. The van der Waals surface area contributed by atoms with Crippen molar-refractivity contribution >= 4 is 5.78 Å². The maximum Gasteiger partial charge on any atom is 0.179 e. The molecule has 1 aromatic carbocycles. The van der Waals surface area contributed by atoms with Crippen molar-refractivity contribution in [1.82, 2.24) is 5.32 Å². The van der Waals surface area contributed by atoms with Gasteiger partial charge in [-0.25, -0.2) is 0 Å². The van der Waals surface area contributed by atoms with E-state index >= 15 is 0 Å². The molecule has 0 aliphatic rings. The minimum absolute atomic E-state index is 0.151. The molecule has 0 radical (unpaired) electrons. The van der Waals surface area contributed by atoms with Crippen LogP contribution in [0.5, 0.6) is 0 Å². The predicted molar refractivity (Wildman–Crippen MR) is 83.4 cm³/mol. The third kappa shape index (κ3) is 5.43. The van der Waals surface area contributed by atoms with Crippen LogP contribution in [0.25, 0.3) is 0 Å². The average Bonchev–Trinajstić information content (AvgIpc) is 2.40. The zero-order valence-electron chi connectivity index (χ0n) is 13.3. The summed E-state index contributed by atoms with van der Waals surface area (Å²) in [5.41, 5.74) is 3.16. The van der Waals surface area contributed by atoms with Gasteiger partial charge in [-0.05, 0) is 64.8 Å². The highest BCUT2D eigenvalue weighted by Gasteiger charge is 2.14. The zero-order chi connectivity index (χ0) is 15.1. The van der Waals surface area contributed by atoms with E-state index in [0.717, 1.165) is 30.7 Å². The van der Waals surface area contributed by atoms with Crippen LogP contribution >= 0.6 is 0 Å². The lowest BCUT2D eigenvalue weighted by molar-refractivity contribution is 0.0760. The molecule has 112 valence electrons. The number of nitrogens with one attached hydrogen (secondary N) is 1. The number of ketones is 1. The molecule has 0 spiro atoms. The van der Waals surface area contributed by atoms with Gasteiger partial charge >= 0.3 is 0 Å². The van der Waals surface area contributed by atoms with Gasteiger partial charge in [0, 0.05) is 12.2 Å². The second-order valence-electron chi connectivity index (χ2n) is 5.61. The molecule has 0 amide bonds. The van der Waals surface area contributed by atoms with Crippen molar-refractivity contribution in [1.29, 1.82) is 0 Å². The van der Waals surface area contributed by atoms with Crippen molar-refractivity contribution < 1.29 is 9.53 Å². The Morgan fingerprint density at radius 1 is 1.20 bits per heavy atom. The molecule has 1 N–H and O–H groups in total. The second-order valence-corrected chi connectivity index (χ2v) is 5.61. The van der Waals surface area contributed by atoms with Crippen LogP contribution in [0.2, 0.25) is 0 Å². The minimum atomic E-state index is -0.156. The lowest BCUT2D eigenvalue weighted by Crippen LogP contribution is -2.35. The van der Waals surface area contributed by atoms with E-state index in [1.165, 1.54) is 5.56 Å². The highest BCUT2D eigenvalue weighted by molar-refractivity contribution is 6.00. The van der Waals surface area contributed by atoms with Gasteiger partial charge in [0.1, 0.15) is 0 Å². The van der Waals surface area contributed by atoms with E-state index in [2.05, 4.69) is 12.2 Å². The van der Waals surface area contributed by atoms with Gasteiger partial charge in [0.2, 0.25) is 0 Å². The van der Waals surface area contributed by atoms with E-state index < -0.39 is 0 Å². The Labute approximate surface area is 122 Å². The van der Waals surface area contributed by atoms with Gasteiger partial charge in [0.15, 0.2) is 5.78 Å². The van der Waals surface area contributed by atoms with E-state index in [1.54, 1.807) is 0 Å². The van der Waals surface area contributed by atoms with Crippen LogP contribution in [0, 0.1) is 13.8 Å². The summed E-state index contributed by atoms with van der Waals surface area (Å²) in [4.78, 5) is 12.3. The fourth-order valence-electron chi connectivity index (χ4n) is 1.95. The normalized spacial score (nSPS) is 12.7. The molecule has 0 bridgehead atoms. The summed E-state index contributed by atoms with van der Waals surface area (Å²) in [7, 11) is 0. The van der Waals surface area contributed by atoms with Crippen LogP contribution in [-0.2, 0) is 4.74 Å². The van der Waals surface area contributed by atoms with Gasteiger partial charge in [-0.1, -0.05) is 12.1 Å². The van der Waals surface area contributed by atoms with Gasteiger partial charge in [-0.15, -0.1) is 0 Å². The summed E-state index contributed by atoms with van der Waals surface area (Å²) < 4.78 is 5.47. The molecule has 0 saturated carbocycles. The number of aryl methyl sites for hydroxylation is 2.